The standard InChI is InChI=1S/C17H12ClF3N6O3/c18-9-3-8(4-22)5-24-14(9)30-16(28)26-12-2-1-10(19)13(25-12)17(15(20)21)7-29-6-11(23)27-17/h1-3,5,15H,6-7H2,(H2,23,27)(H,25,26,28)/t17-/m0/s1. The van der Waals surface area contributed by atoms with Crippen molar-refractivity contribution in [1.82, 2.24) is 9.97 Å². The van der Waals surface area contributed by atoms with Crippen LogP contribution in [0.15, 0.2) is 29.4 Å². The molecule has 0 aromatic carbocycles. The molecule has 0 radical (unpaired) electrons. The predicted molar refractivity (Wildman–Crippen MR) is 97.9 cm³/mol. The van der Waals surface area contributed by atoms with E-state index in [1.807, 2.05) is 0 Å². The lowest BCUT2D eigenvalue weighted by Gasteiger charge is -2.32. The highest BCUT2D eigenvalue weighted by atomic mass is 35.5. The number of aliphatic imine (C=N–C) groups is 1. The molecule has 0 saturated carbocycles. The Morgan fingerprint density at radius 2 is 2.23 bits per heavy atom. The summed E-state index contributed by atoms with van der Waals surface area (Å²) in [6, 6.07) is 4.89. The second-order valence-corrected chi connectivity index (χ2v) is 6.39. The zero-order chi connectivity index (χ0) is 21.9. The number of halogens is 4. The average molecular weight is 441 g/mol. The zero-order valence-electron chi connectivity index (χ0n) is 14.9. The largest absolute Gasteiger partial charge is 0.419 e. The summed E-state index contributed by atoms with van der Waals surface area (Å²) in [4.78, 5) is 23.2. The second kappa shape index (κ2) is 8.52. The lowest BCUT2D eigenvalue weighted by molar-refractivity contribution is -0.0168. The third-order valence-electron chi connectivity index (χ3n) is 3.89. The van der Waals surface area contributed by atoms with Gasteiger partial charge in [-0.1, -0.05) is 11.6 Å². The molecule has 156 valence electrons. The minimum absolute atomic E-state index is 0.113. The number of hydrogen-bond acceptors (Lipinski definition) is 8. The maximum Gasteiger partial charge on any atom is 0.419 e. The van der Waals surface area contributed by atoms with Crippen molar-refractivity contribution in [3.63, 3.8) is 0 Å². The van der Waals surface area contributed by atoms with Crippen LogP contribution in [0.2, 0.25) is 5.02 Å². The number of carbonyl (C=O) groups is 1. The summed E-state index contributed by atoms with van der Waals surface area (Å²) < 4.78 is 51.8. The number of anilines is 1. The molecule has 1 aliphatic heterocycles. The second-order valence-electron chi connectivity index (χ2n) is 5.99. The molecule has 1 amide bonds. The van der Waals surface area contributed by atoms with E-state index in [2.05, 4.69) is 20.3 Å². The fourth-order valence-corrected chi connectivity index (χ4v) is 2.77. The van der Waals surface area contributed by atoms with Crippen molar-refractivity contribution in [2.45, 2.75) is 12.0 Å². The Morgan fingerprint density at radius 3 is 2.87 bits per heavy atom. The van der Waals surface area contributed by atoms with E-state index in [4.69, 9.17) is 32.1 Å². The molecule has 1 atom stereocenters. The predicted octanol–water partition coefficient (Wildman–Crippen LogP) is 2.60. The van der Waals surface area contributed by atoms with Gasteiger partial charge in [0.2, 0.25) is 5.88 Å². The summed E-state index contributed by atoms with van der Waals surface area (Å²) in [7, 11) is 0. The molecule has 0 unspecified atom stereocenters. The summed E-state index contributed by atoms with van der Waals surface area (Å²) in [5, 5.41) is 10.8. The highest BCUT2D eigenvalue weighted by Gasteiger charge is 2.47. The summed E-state index contributed by atoms with van der Waals surface area (Å²) in [5.74, 6) is -1.95. The van der Waals surface area contributed by atoms with E-state index >= 15 is 0 Å². The lowest BCUT2D eigenvalue weighted by atomic mass is 9.95. The number of rotatable bonds is 4. The molecule has 3 rings (SSSR count). The molecule has 2 aromatic rings. The maximum absolute atomic E-state index is 14.3. The number of alkyl halides is 2. The van der Waals surface area contributed by atoms with Gasteiger partial charge in [-0.25, -0.2) is 32.9 Å². The molecule has 0 aliphatic carbocycles. The van der Waals surface area contributed by atoms with Crippen LogP contribution < -0.4 is 15.8 Å². The van der Waals surface area contributed by atoms with Gasteiger partial charge >= 0.3 is 6.09 Å². The summed E-state index contributed by atoms with van der Waals surface area (Å²) >= 11 is 5.86. The molecule has 3 N–H and O–H groups in total. The maximum atomic E-state index is 14.3. The number of nitrogens with two attached hydrogens (primary N) is 1. The number of amides is 1. The Morgan fingerprint density at radius 1 is 1.47 bits per heavy atom. The van der Waals surface area contributed by atoms with Crippen LogP contribution in [0.25, 0.3) is 0 Å². The van der Waals surface area contributed by atoms with Gasteiger partial charge in [0.15, 0.2) is 5.54 Å². The smallest absolute Gasteiger partial charge is 0.389 e. The van der Waals surface area contributed by atoms with Gasteiger partial charge in [0.1, 0.15) is 40.9 Å². The first kappa shape index (κ1) is 21.3. The van der Waals surface area contributed by atoms with E-state index in [9.17, 15) is 18.0 Å². The Labute approximate surface area is 172 Å². The van der Waals surface area contributed by atoms with Gasteiger partial charge < -0.3 is 15.2 Å². The number of carbonyl (C=O) groups excluding carboxylic acids is 1. The van der Waals surface area contributed by atoms with Gasteiger partial charge in [-0.3, -0.25) is 5.32 Å². The zero-order valence-corrected chi connectivity index (χ0v) is 15.7. The van der Waals surface area contributed by atoms with E-state index in [-0.39, 0.29) is 34.7 Å². The Balaban J connectivity index is 1.86. The van der Waals surface area contributed by atoms with Crippen LogP contribution in [0.5, 0.6) is 5.88 Å². The first-order valence-electron chi connectivity index (χ1n) is 8.17. The number of aromatic nitrogens is 2. The van der Waals surface area contributed by atoms with Gasteiger partial charge in [-0.15, -0.1) is 0 Å². The highest BCUT2D eigenvalue weighted by Crippen LogP contribution is 2.36. The molecular weight excluding hydrogens is 429 g/mol. The van der Waals surface area contributed by atoms with Crippen molar-refractivity contribution < 1.29 is 27.4 Å². The number of pyridine rings is 2. The van der Waals surface area contributed by atoms with Gasteiger partial charge in [0.25, 0.3) is 6.43 Å². The molecular formula is C17H12ClF3N6O3. The number of ether oxygens (including phenoxy) is 2. The van der Waals surface area contributed by atoms with Gasteiger partial charge in [-0.2, -0.15) is 5.26 Å². The molecule has 2 aromatic heterocycles. The lowest BCUT2D eigenvalue weighted by Crippen LogP contribution is -2.46. The van der Waals surface area contributed by atoms with Crippen molar-refractivity contribution in [2.75, 3.05) is 18.5 Å². The van der Waals surface area contributed by atoms with Crippen molar-refractivity contribution in [3.8, 4) is 11.9 Å². The minimum Gasteiger partial charge on any atom is -0.389 e. The number of nitrogens with zero attached hydrogens (tertiary/aromatic N) is 4. The molecule has 13 heteroatoms. The third-order valence-corrected chi connectivity index (χ3v) is 4.16. The normalized spacial score (nSPS) is 18.5. The molecule has 0 spiro atoms. The fourth-order valence-electron chi connectivity index (χ4n) is 2.56. The van der Waals surface area contributed by atoms with Crippen molar-refractivity contribution in [2.24, 2.45) is 10.7 Å². The molecule has 0 fully saturated rings. The average Bonchev–Trinajstić information content (AvgIpc) is 2.70. The van der Waals surface area contributed by atoms with E-state index in [0.29, 0.717) is 0 Å². The van der Waals surface area contributed by atoms with Crippen LogP contribution in [0.1, 0.15) is 11.3 Å². The summed E-state index contributed by atoms with van der Waals surface area (Å²) in [5.41, 5.74) is 2.41. The number of hydrogen-bond donors (Lipinski definition) is 2. The summed E-state index contributed by atoms with van der Waals surface area (Å²) in [6.07, 6.45) is -3.20. The van der Waals surface area contributed by atoms with Crippen molar-refractivity contribution in [1.29, 1.82) is 5.26 Å². The molecule has 0 bridgehead atoms. The first-order valence-corrected chi connectivity index (χ1v) is 8.54. The van der Waals surface area contributed by atoms with E-state index < -0.39 is 36.2 Å². The number of amidine groups is 1. The Kier molecular flexibility index (Phi) is 6.04. The van der Waals surface area contributed by atoms with Crippen LogP contribution in [-0.2, 0) is 10.3 Å². The van der Waals surface area contributed by atoms with Gasteiger partial charge in [0.05, 0.1) is 12.2 Å². The van der Waals surface area contributed by atoms with Crippen molar-refractivity contribution in [3.05, 3.63) is 46.5 Å². The fraction of sp³-hybridized carbons (Fsp3) is 0.235. The van der Waals surface area contributed by atoms with E-state index in [1.165, 1.54) is 6.07 Å². The number of nitrogens with one attached hydrogen (secondary N) is 1. The van der Waals surface area contributed by atoms with E-state index in [1.54, 1.807) is 6.07 Å². The van der Waals surface area contributed by atoms with Crippen LogP contribution in [-0.4, -0.2) is 41.5 Å². The highest BCUT2D eigenvalue weighted by molar-refractivity contribution is 6.32. The molecule has 9 nitrogen and oxygen atoms in total. The van der Waals surface area contributed by atoms with Crippen LogP contribution in [0.3, 0.4) is 0 Å². The van der Waals surface area contributed by atoms with Gasteiger partial charge in [0, 0.05) is 6.20 Å². The quantitative estimate of drug-likeness (QED) is 0.745. The number of nitriles is 1. The molecule has 1 aliphatic rings. The van der Waals surface area contributed by atoms with Crippen LogP contribution in [0, 0.1) is 17.1 Å². The molecule has 3 heterocycles. The molecule has 30 heavy (non-hydrogen) atoms. The molecule has 0 saturated heterocycles. The topological polar surface area (TPSA) is 136 Å². The van der Waals surface area contributed by atoms with Crippen LogP contribution in [0.4, 0.5) is 23.8 Å². The minimum atomic E-state index is -3.19. The first-order chi connectivity index (χ1) is 14.2. The van der Waals surface area contributed by atoms with Crippen molar-refractivity contribution >= 4 is 29.3 Å². The Hall–Kier alpha value is -3.43. The summed E-state index contributed by atoms with van der Waals surface area (Å²) in [6.45, 7) is -0.841. The monoisotopic (exact) mass is 440 g/mol. The van der Waals surface area contributed by atoms with Gasteiger partial charge in [-0.05, 0) is 18.2 Å². The van der Waals surface area contributed by atoms with Crippen LogP contribution >= 0.6 is 11.6 Å². The Bertz CT molecular complexity index is 1060. The SMILES string of the molecule is N#Cc1cnc(OC(=O)Nc2ccc(F)c([C@]3(C(F)F)COCC(N)=N3)n2)c(Cl)c1. The third kappa shape index (κ3) is 4.27. The van der Waals surface area contributed by atoms with E-state index in [0.717, 1.165) is 18.3 Å².